The third-order valence-electron chi connectivity index (χ3n) is 7.08. The van der Waals surface area contributed by atoms with E-state index >= 15 is 0 Å². The maximum atomic E-state index is 13.7. The summed E-state index contributed by atoms with van der Waals surface area (Å²) in [5.41, 5.74) is 2.29. The molecule has 0 unspecified atom stereocenters. The van der Waals surface area contributed by atoms with Gasteiger partial charge in [0.1, 0.15) is 11.5 Å². The lowest BCUT2D eigenvalue weighted by atomic mass is 9.82. The molecule has 3 aromatic rings. The Labute approximate surface area is 225 Å². The van der Waals surface area contributed by atoms with Gasteiger partial charge in [-0.3, -0.25) is 4.79 Å². The fraction of sp³-hybridized carbons (Fsp3) is 0.440. The minimum Gasteiger partial charge on any atom is -0.450 e. The quantitative estimate of drug-likeness (QED) is 0.450. The lowest BCUT2D eigenvalue weighted by molar-refractivity contribution is 0.0976. The average molecular weight is 560 g/mol. The van der Waals surface area contributed by atoms with Crippen LogP contribution < -0.4 is 14.3 Å². The highest BCUT2D eigenvalue weighted by Crippen LogP contribution is 2.42. The number of halogens is 1. The van der Waals surface area contributed by atoms with Crippen molar-refractivity contribution >= 4 is 38.9 Å². The Hall–Kier alpha value is -3.78. The molecule has 2 N–H and O–H groups in total. The third-order valence-corrected chi connectivity index (χ3v) is 8.07. The van der Waals surface area contributed by atoms with Crippen LogP contribution >= 0.6 is 0 Å². The van der Waals surface area contributed by atoms with E-state index in [2.05, 4.69) is 9.71 Å². The number of carbonyl (C=O) groups is 2. The number of ether oxygens (including phenoxy) is 1. The van der Waals surface area contributed by atoms with Gasteiger partial charge in [0.25, 0.3) is 5.91 Å². The molecule has 3 heterocycles. The predicted molar refractivity (Wildman–Crippen MR) is 142 cm³/mol. The van der Waals surface area contributed by atoms with Gasteiger partial charge >= 0.3 is 16.3 Å². The molecule has 1 aliphatic heterocycles. The summed E-state index contributed by atoms with van der Waals surface area (Å²) in [4.78, 5) is 33.5. The molecule has 1 saturated heterocycles. The molecule has 208 valence electrons. The van der Waals surface area contributed by atoms with Gasteiger partial charge in [0, 0.05) is 39.1 Å². The van der Waals surface area contributed by atoms with Crippen LogP contribution in [-0.2, 0) is 14.9 Å². The normalized spacial score (nSPS) is 16.3. The van der Waals surface area contributed by atoms with Crippen molar-refractivity contribution in [2.45, 2.75) is 32.1 Å². The molecular formula is C25H30FN7O5S. The van der Waals surface area contributed by atoms with Crippen molar-refractivity contribution in [3.8, 4) is 5.69 Å². The van der Waals surface area contributed by atoms with Gasteiger partial charge in [-0.15, -0.1) is 0 Å². The van der Waals surface area contributed by atoms with E-state index in [4.69, 9.17) is 9.84 Å². The van der Waals surface area contributed by atoms with Gasteiger partial charge in [0.05, 0.1) is 29.1 Å². The lowest BCUT2D eigenvalue weighted by Gasteiger charge is -2.36. The molecule has 39 heavy (non-hydrogen) atoms. The molecule has 0 atom stereocenters. The summed E-state index contributed by atoms with van der Waals surface area (Å²) < 4.78 is 48.6. The number of nitrogens with one attached hydrogen (secondary N) is 2. The molecule has 0 spiro atoms. The number of hydrogen-bond donors (Lipinski definition) is 2. The second kappa shape index (κ2) is 10.8. The summed E-state index contributed by atoms with van der Waals surface area (Å²) in [7, 11) is -2.89. The van der Waals surface area contributed by atoms with E-state index < -0.39 is 21.9 Å². The van der Waals surface area contributed by atoms with Crippen molar-refractivity contribution in [2.24, 2.45) is 0 Å². The van der Waals surface area contributed by atoms with Gasteiger partial charge in [-0.05, 0) is 50.1 Å². The van der Waals surface area contributed by atoms with Gasteiger partial charge in [-0.1, -0.05) is 6.42 Å². The predicted octanol–water partition coefficient (Wildman–Crippen LogP) is 2.30. The van der Waals surface area contributed by atoms with Gasteiger partial charge < -0.3 is 14.5 Å². The van der Waals surface area contributed by atoms with Gasteiger partial charge in [-0.25, -0.2) is 28.3 Å². The molecule has 2 fully saturated rings. The monoisotopic (exact) mass is 559 g/mol. The number of anilines is 1. The number of nitrogens with zero attached hydrogens (tertiary/aromatic N) is 5. The Bertz CT molecular complexity index is 1500. The van der Waals surface area contributed by atoms with Crippen LogP contribution in [0.4, 0.5) is 14.9 Å². The van der Waals surface area contributed by atoms with Crippen LogP contribution in [0.15, 0.2) is 30.3 Å². The van der Waals surface area contributed by atoms with E-state index in [9.17, 15) is 22.4 Å². The van der Waals surface area contributed by atoms with Gasteiger partial charge in [-0.2, -0.15) is 13.5 Å². The molecule has 1 aliphatic carbocycles. The topological polar surface area (TPSA) is 139 Å². The highest BCUT2D eigenvalue weighted by atomic mass is 32.2. The molecule has 1 saturated carbocycles. The maximum absolute atomic E-state index is 13.7. The third kappa shape index (κ3) is 5.39. The molecular weight excluding hydrogens is 529 g/mol. The molecule has 0 bridgehead atoms. The number of carbonyl (C=O) groups excluding carboxylic acids is 2. The number of hydrogen-bond acceptors (Lipinski definition) is 8. The number of pyridine rings is 1. The Balaban J connectivity index is 1.64. The van der Waals surface area contributed by atoms with Crippen molar-refractivity contribution in [3.05, 3.63) is 47.5 Å². The van der Waals surface area contributed by atoms with Crippen LogP contribution in [0.2, 0.25) is 0 Å². The van der Waals surface area contributed by atoms with Crippen LogP contribution in [0.25, 0.3) is 16.7 Å². The average Bonchev–Trinajstić information content (AvgIpc) is 3.26. The smallest absolute Gasteiger partial charge is 0.409 e. The molecule has 12 nitrogen and oxygen atoms in total. The van der Waals surface area contributed by atoms with Crippen molar-refractivity contribution < 1.29 is 27.1 Å². The van der Waals surface area contributed by atoms with Crippen molar-refractivity contribution in [2.75, 3.05) is 44.7 Å². The summed E-state index contributed by atoms with van der Waals surface area (Å²) in [6.07, 6.45) is 2.59. The first kappa shape index (κ1) is 26.8. The molecule has 2 amide bonds. The first-order valence-corrected chi connectivity index (χ1v) is 14.3. The zero-order valence-electron chi connectivity index (χ0n) is 21.7. The zero-order chi connectivity index (χ0) is 27.7. The second-order valence-electron chi connectivity index (χ2n) is 9.44. The molecule has 0 radical (unpaired) electrons. The van der Waals surface area contributed by atoms with Crippen LogP contribution in [0.5, 0.6) is 0 Å². The summed E-state index contributed by atoms with van der Waals surface area (Å²) in [6, 6.07) is 7.35. The van der Waals surface area contributed by atoms with Gasteiger partial charge in [0.15, 0.2) is 5.65 Å². The standard InChI is InChI=1S/C25H30FN7O5S/c1-3-38-25(35)32-13-11-31(12-14-32)20-15-19(24(34)30-39(36,37)27-2)28-23-21(20)22(16-5-4-6-16)29-33(23)18-9-7-17(26)8-10-18/h7-10,15-16,27H,3-6,11-14H2,1-2H3,(H,30,34). The minimum absolute atomic E-state index is 0.118. The molecule has 2 aromatic heterocycles. The Morgan fingerprint density at radius 2 is 1.82 bits per heavy atom. The van der Waals surface area contributed by atoms with Crippen molar-refractivity contribution in [3.63, 3.8) is 0 Å². The first-order valence-electron chi connectivity index (χ1n) is 12.8. The minimum atomic E-state index is -4.08. The van der Waals surface area contributed by atoms with Crippen LogP contribution in [0.3, 0.4) is 0 Å². The van der Waals surface area contributed by atoms with Crippen LogP contribution in [0, 0.1) is 5.82 Å². The second-order valence-corrected chi connectivity index (χ2v) is 11.1. The maximum Gasteiger partial charge on any atom is 0.409 e. The van der Waals surface area contributed by atoms with E-state index in [-0.39, 0.29) is 24.3 Å². The van der Waals surface area contributed by atoms with E-state index in [0.717, 1.165) is 30.3 Å². The van der Waals surface area contributed by atoms with Crippen LogP contribution in [-0.4, -0.2) is 79.9 Å². The van der Waals surface area contributed by atoms with Crippen LogP contribution in [0.1, 0.15) is 48.3 Å². The number of piperazine rings is 1. The fourth-order valence-corrected chi connectivity index (χ4v) is 5.24. The van der Waals surface area contributed by atoms with Crippen molar-refractivity contribution in [1.29, 1.82) is 0 Å². The lowest BCUT2D eigenvalue weighted by Crippen LogP contribution is -2.49. The largest absolute Gasteiger partial charge is 0.450 e. The Morgan fingerprint density at radius 1 is 1.13 bits per heavy atom. The summed E-state index contributed by atoms with van der Waals surface area (Å²) in [5, 5.41) is 5.64. The zero-order valence-corrected chi connectivity index (χ0v) is 22.5. The summed E-state index contributed by atoms with van der Waals surface area (Å²) in [6.45, 7) is 3.76. The number of rotatable bonds is 7. The van der Waals surface area contributed by atoms with E-state index in [0.29, 0.717) is 43.2 Å². The molecule has 5 rings (SSSR count). The van der Waals surface area contributed by atoms with Gasteiger partial charge in [0.2, 0.25) is 0 Å². The number of aromatic nitrogens is 3. The number of benzene rings is 1. The summed E-state index contributed by atoms with van der Waals surface area (Å²) >= 11 is 0. The number of amides is 2. The number of fused-ring (bicyclic) bond motifs is 1. The van der Waals surface area contributed by atoms with E-state index in [1.807, 2.05) is 9.62 Å². The highest BCUT2D eigenvalue weighted by molar-refractivity contribution is 7.88. The molecule has 14 heteroatoms. The van der Waals surface area contributed by atoms with E-state index in [1.165, 1.54) is 19.2 Å². The highest BCUT2D eigenvalue weighted by Gasteiger charge is 2.32. The Kier molecular flexibility index (Phi) is 7.40. The SMILES string of the molecule is CCOC(=O)N1CCN(c2cc(C(=O)NS(=O)(=O)NC)nc3c2c(C2CCC2)nn3-c2ccc(F)cc2)CC1. The molecule has 1 aromatic carbocycles. The molecule has 2 aliphatic rings. The fourth-order valence-electron chi connectivity index (χ4n) is 4.79. The summed E-state index contributed by atoms with van der Waals surface area (Å²) in [5.74, 6) is -1.12. The van der Waals surface area contributed by atoms with E-state index in [1.54, 1.807) is 34.7 Å². The first-order chi connectivity index (χ1) is 18.7. The Morgan fingerprint density at radius 3 is 2.41 bits per heavy atom. The van der Waals surface area contributed by atoms with Crippen molar-refractivity contribution in [1.82, 2.24) is 29.1 Å².